The van der Waals surface area contributed by atoms with E-state index in [0.717, 1.165) is 16.3 Å². The molecule has 0 aliphatic rings. The topological polar surface area (TPSA) is 9.23 Å². The lowest BCUT2D eigenvalue weighted by Gasteiger charge is -2.01. The SMILES string of the molecule is Clc1cccc(/C=C\COc2ccccc2)c1. The van der Waals surface area contributed by atoms with E-state index in [9.17, 15) is 0 Å². The van der Waals surface area contributed by atoms with Gasteiger partial charge < -0.3 is 4.74 Å². The van der Waals surface area contributed by atoms with Crippen LogP contribution in [-0.2, 0) is 0 Å². The van der Waals surface area contributed by atoms with Crippen molar-refractivity contribution in [1.82, 2.24) is 0 Å². The van der Waals surface area contributed by atoms with Crippen LogP contribution in [0.5, 0.6) is 5.75 Å². The minimum absolute atomic E-state index is 0.552. The molecule has 2 aromatic rings. The van der Waals surface area contributed by atoms with Gasteiger partial charge in [-0.1, -0.05) is 48.0 Å². The van der Waals surface area contributed by atoms with Gasteiger partial charge in [0, 0.05) is 5.02 Å². The maximum absolute atomic E-state index is 5.89. The molecule has 0 spiro atoms. The second kappa shape index (κ2) is 6.12. The third-order valence-corrected chi connectivity index (χ3v) is 2.48. The summed E-state index contributed by atoms with van der Waals surface area (Å²) in [6.07, 6.45) is 3.97. The number of hydrogen-bond donors (Lipinski definition) is 0. The van der Waals surface area contributed by atoms with Crippen LogP contribution in [0.4, 0.5) is 0 Å². The molecule has 0 atom stereocenters. The maximum Gasteiger partial charge on any atom is 0.119 e. The zero-order valence-corrected chi connectivity index (χ0v) is 10.1. The highest BCUT2D eigenvalue weighted by Gasteiger charge is 1.90. The molecule has 0 saturated carbocycles. The molecule has 0 heterocycles. The molecule has 0 radical (unpaired) electrons. The smallest absolute Gasteiger partial charge is 0.119 e. The summed E-state index contributed by atoms with van der Waals surface area (Å²) in [6, 6.07) is 17.5. The Labute approximate surface area is 106 Å². The summed E-state index contributed by atoms with van der Waals surface area (Å²) < 4.78 is 5.54. The van der Waals surface area contributed by atoms with Gasteiger partial charge in [-0.15, -0.1) is 0 Å². The highest BCUT2D eigenvalue weighted by atomic mass is 35.5. The van der Waals surface area contributed by atoms with E-state index >= 15 is 0 Å². The van der Waals surface area contributed by atoms with Crippen molar-refractivity contribution in [3.63, 3.8) is 0 Å². The largest absolute Gasteiger partial charge is 0.490 e. The number of ether oxygens (including phenoxy) is 1. The Morgan fingerprint density at radius 1 is 1.00 bits per heavy atom. The molecule has 0 aliphatic carbocycles. The molecule has 0 unspecified atom stereocenters. The quantitative estimate of drug-likeness (QED) is 0.773. The third-order valence-electron chi connectivity index (χ3n) is 2.25. The molecular formula is C15H13ClO. The lowest BCUT2D eigenvalue weighted by atomic mass is 10.2. The lowest BCUT2D eigenvalue weighted by Crippen LogP contribution is -1.92. The van der Waals surface area contributed by atoms with Crippen LogP contribution in [0.3, 0.4) is 0 Å². The first-order valence-corrected chi connectivity index (χ1v) is 5.82. The van der Waals surface area contributed by atoms with Crippen LogP contribution in [0.2, 0.25) is 5.02 Å². The van der Waals surface area contributed by atoms with E-state index in [4.69, 9.17) is 16.3 Å². The highest BCUT2D eigenvalue weighted by Crippen LogP contribution is 2.12. The summed E-state index contributed by atoms with van der Waals surface area (Å²) in [5.74, 6) is 0.878. The molecule has 2 aromatic carbocycles. The van der Waals surface area contributed by atoms with E-state index in [1.54, 1.807) is 0 Å². The van der Waals surface area contributed by atoms with E-state index in [1.165, 1.54) is 0 Å². The Bertz CT molecular complexity index is 491. The molecule has 0 fully saturated rings. The Morgan fingerprint density at radius 2 is 1.82 bits per heavy atom. The first-order chi connectivity index (χ1) is 8.34. The molecule has 0 amide bonds. The van der Waals surface area contributed by atoms with Crippen molar-refractivity contribution in [3.05, 3.63) is 71.3 Å². The Balaban J connectivity index is 1.86. The monoisotopic (exact) mass is 244 g/mol. The summed E-state index contributed by atoms with van der Waals surface area (Å²) >= 11 is 5.89. The van der Waals surface area contributed by atoms with Crippen LogP contribution >= 0.6 is 11.6 Å². The van der Waals surface area contributed by atoms with Crippen molar-refractivity contribution in [2.75, 3.05) is 6.61 Å². The number of halogens is 1. The molecule has 0 saturated heterocycles. The van der Waals surface area contributed by atoms with Gasteiger partial charge in [-0.2, -0.15) is 0 Å². The molecular weight excluding hydrogens is 232 g/mol. The van der Waals surface area contributed by atoms with Gasteiger partial charge in [-0.3, -0.25) is 0 Å². The van der Waals surface area contributed by atoms with Gasteiger partial charge in [0.2, 0.25) is 0 Å². The van der Waals surface area contributed by atoms with Crippen LogP contribution in [0.15, 0.2) is 60.7 Å². The molecule has 2 rings (SSSR count). The molecule has 2 heteroatoms. The van der Waals surface area contributed by atoms with E-state index in [2.05, 4.69) is 0 Å². The molecule has 0 aromatic heterocycles. The van der Waals surface area contributed by atoms with Gasteiger partial charge in [0.15, 0.2) is 0 Å². The number of para-hydroxylation sites is 1. The molecule has 1 nitrogen and oxygen atoms in total. The number of benzene rings is 2. The average Bonchev–Trinajstić information content (AvgIpc) is 2.36. The Kier molecular flexibility index (Phi) is 4.23. The molecule has 0 N–H and O–H groups in total. The predicted octanol–water partition coefficient (Wildman–Crippen LogP) is 4.43. The van der Waals surface area contributed by atoms with Crippen molar-refractivity contribution in [2.45, 2.75) is 0 Å². The minimum Gasteiger partial charge on any atom is -0.490 e. The Morgan fingerprint density at radius 3 is 2.59 bits per heavy atom. The summed E-state index contributed by atoms with van der Waals surface area (Å²) in [7, 11) is 0. The van der Waals surface area contributed by atoms with Crippen molar-refractivity contribution < 1.29 is 4.74 Å². The van der Waals surface area contributed by atoms with Crippen molar-refractivity contribution in [1.29, 1.82) is 0 Å². The van der Waals surface area contributed by atoms with E-state index < -0.39 is 0 Å². The number of hydrogen-bond acceptors (Lipinski definition) is 1. The molecule has 0 bridgehead atoms. The van der Waals surface area contributed by atoms with Crippen molar-refractivity contribution in [2.24, 2.45) is 0 Å². The summed E-state index contributed by atoms with van der Waals surface area (Å²) in [5, 5.41) is 0.746. The fraction of sp³-hybridized carbons (Fsp3) is 0.0667. The summed E-state index contributed by atoms with van der Waals surface area (Å²) in [6.45, 7) is 0.552. The first-order valence-electron chi connectivity index (χ1n) is 5.44. The van der Waals surface area contributed by atoms with Gasteiger partial charge in [0.1, 0.15) is 12.4 Å². The van der Waals surface area contributed by atoms with Crippen LogP contribution in [0.1, 0.15) is 5.56 Å². The summed E-state index contributed by atoms with van der Waals surface area (Å²) in [5.41, 5.74) is 1.08. The first kappa shape index (κ1) is 11.7. The van der Waals surface area contributed by atoms with Crippen LogP contribution < -0.4 is 4.74 Å². The van der Waals surface area contributed by atoms with Gasteiger partial charge >= 0.3 is 0 Å². The fourth-order valence-electron chi connectivity index (χ4n) is 1.46. The van der Waals surface area contributed by atoms with Gasteiger partial charge in [0.25, 0.3) is 0 Å². The van der Waals surface area contributed by atoms with Gasteiger partial charge in [0.05, 0.1) is 0 Å². The summed E-state index contributed by atoms with van der Waals surface area (Å²) in [4.78, 5) is 0. The lowest BCUT2D eigenvalue weighted by molar-refractivity contribution is 0.363. The normalized spacial score (nSPS) is 10.6. The van der Waals surface area contributed by atoms with Crippen molar-refractivity contribution in [3.8, 4) is 5.75 Å². The minimum atomic E-state index is 0.552. The van der Waals surface area contributed by atoms with Gasteiger partial charge in [-0.05, 0) is 35.9 Å². The maximum atomic E-state index is 5.89. The fourth-order valence-corrected chi connectivity index (χ4v) is 1.65. The van der Waals surface area contributed by atoms with Gasteiger partial charge in [-0.25, -0.2) is 0 Å². The average molecular weight is 245 g/mol. The van der Waals surface area contributed by atoms with E-state index in [0.29, 0.717) is 6.61 Å². The Hall–Kier alpha value is -1.73. The second-order valence-electron chi connectivity index (χ2n) is 3.58. The van der Waals surface area contributed by atoms with Crippen LogP contribution in [0.25, 0.3) is 6.08 Å². The zero-order valence-electron chi connectivity index (χ0n) is 9.34. The highest BCUT2D eigenvalue weighted by molar-refractivity contribution is 6.30. The predicted molar refractivity (Wildman–Crippen MR) is 72.4 cm³/mol. The van der Waals surface area contributed by atoms with Crippen molar-refractivity contribution >= 4 is 17.7 Å². The second-order valence-corrected chi connectivity index (χ2v) is 4.02. The zero-order chi connectivity index (χ0) is 11.9. The molecule has 86 valence electrons. The molecule has 0 aliphatic heterocycles. The van der Waals surface area contributed by atoms with E-state index in [1.807, 2.05) is 66.7 Å². The van der Waals surface area contributed by atoms with E-state index in [-0.39, 0.29) is 0 Å². The standard InChI is InChI=1S/C15H13ClO/c16-14-8-4-6-13(12-14)7-5-11-17-15-9-2-1-3-10-15/h1-10,12H,11H2/b7-5-. The number of rotatable bonds is 4. The van der Waals surface area contributed by atoms with Crippen LogP contribution in [-0.4, -0.2) is 6.61 Å². The molecule has 17 heavy (non-hydrogen) atoms. The van der Waals surface area contributed by atoms with Crippen LogP contribution in [0, 0.1) is 0 Å². The third kappa shape index (κ3) is 3.97.